The van der Waals surface area contributed by atoms with E-state index < -0.39 is 18.3 Å². The monoisotopic (exact) mass is 185 g/mol. The smallest absolute Gasteiger partial charge is 0.150 e. The highest BCUT2D eigenvalue weighted by Crippen LogP contribution is 2.33. The van der Waals surface area contributed by atoms with Crippen molar-refractivity contribution in [3.63, 3.8) is 0 Å². The molecule has 2 rings (SSSR count). The highest BCUT2D eigenvalue weighted by atomic mass is 16.5. The van der Waals surface area contributed by atoms with Crippen molar-refractivity contribution in [2.45, 2.75) is 18.3 Å². The van der Waals surface area contributed by atoms with Crippen molar-refractivity contribution >= 4 is 0 Å². The van der Waals surface area contributed by atoms with Gasteiger partial charge in [-0.05, 0) is 6.07 Å². The van der Waals surface area contributed by atoms with E-state index in [2.05, 4.69) is 4.98 Å². The maximum absolute atomic E-state index is 9.55. The molecule has 13 heavy (non-hydrogen) atoms. The molecule has 72 valence electrons. The van der Waals surface area contributed by atoms with Gasteiger partial charge in [-0.3, -0.25) is 0 Å². The Balaban J connectivity index is 2.32. The van der Waals surface area contributed by atoms with Crippen molar-refractivity contribution in [2.75, 3.05) is 6.61 Å². The average molecular weight is 185 g/mol. The molecule has 0 spiro atoms. The molecule has 0 bridgehead atoms. The van der Waals surface area contributed by atoms with Gasteiger partial charge in [0.05, 0.1) is 12.3 Å². The molecule has 5 heteroatoms. The number of hydrogen-bond acceptors (Lipinski definition) is 4. The molecule has 0 aliphatic carbocycles. The molecule has 2 heterocycles. The molecule has 1 aliphatic rings. The molecule has 4 N–H and O–H groups in total. The second-order valence-electron chi connectivity index (χ2n) is 3.03. The summed E-state index contributed by atoms with van der Waals surface area (Å²) in [5, 5.41) is 27.8. The van der Waals surface area contributed by atoms with E-state index in [0.29, 0.717) is 11.4 Å². The van der Waals surface area contributed by atoms with Crippen LogP contribution in [0.15, 0.2) is 12.3 Å². The number of fused-ring (bicyclic) bond motifs is 1. The molecular weight excluding hydrogens is 174 g/mol. The van der Waals surface area contributed by atoms with Gasteiger partial charge in [0.2, 0.25) is 0 Å². The van der Waals surface area contributed by atoms with Crippen LogP contribution in [0.2, 0.25) is 0 Å². The number of aromatic amines is 1. The Kier molecular flexibility index (Phi) is 1.99. The molecule has 0 saturated heterocycles. The average Bonchev–Trinajstić information content (AvgIpc) is 2.59. The summed E-state index contributed by atoms with van der Waals surface area (Å²) in [7, 11) is 0. The Morgan fingerprint density at radius 3 is 2.92 bits per heavy atom. The van der Waals surface area contributed by atoms with Gasteiger partial charge >= 0.3 is 0 Å². The third-order valence-electron chi connectivity index (χ3n) is 2.20. The van der Waals surface area contributed by atoms with E-state index in [1.165, 1.54) is 0 Å². The van der Waals surface area contributed by atoms with Gasteiger partial charge in [-0.1, -0.05) is 0 Å². The van der Waals surface area contributed by atoms with Crippen molar-refractivity contribution in [1.29, 1.82) is 0 Å². The first-order valence-electron chi connectivity index (χ1n) is 4.05. The molecule has 1 aromatic rings. The Hall–Kier alpha value is -1.04. The maximum atomic E-state index is 9.55. The number of aromatic nitrogens is 1. The summed E-state index contributed by atoms with van der Waals surface area (Å²) in [6.07, 6.45) is -1.24. The minimum atomic E-state index is -1.09. The first kappa shape index (κ1) is 8.55. The number of hydrogen-bond donors (Lipinski definition) is 4. The van der Waals surface area contributed by atoms with Gasteiger partial charge in [-0.2, -0.15) is 0 Å². The normalized spacial score (nSPS) is 32.4. The van der Waals surface area contributed by atoms with Gasteiger partial charge in [0.15, 0.2) is 6.10 Å². The third-order valence-corrected chi connectivity index (χ3v) is 2.20. The second kappa shape index (κ2) is 3.02. The summed E-state index contributed by atoms with van der Waals surface area (Å²) in [6.45, 7) is -0.317. The largest absolute Gasteiger partial charge is 0.483 e. The number of ether oxygens (including phenoxy) is 1. The molecular formula is C8H11NO4. The minimum absolute atomic E-state index is 0.317. The number of H-pyrrole nitrogens is 1. The molecule has 0 fully saturated rings. The molecule has 3 unspecified atom stereocenters. The Labute approximate surface area is 74.6 Å². The van der Waals surface area contributed by atoms with E-state index in [9.17, 15) is 10.2 Å². The highest BCUT2D eigenvalue weighted by molar-refractivity contribution is 5.33. The van der Waals surface area contributed by atoms with Crippen LogP contribution in [0.5, 0.6) is 5.75 Å². The first-order chi connectivity index (χ1) is 6.24. The van der Waals surface area contributed by atoms with Crippen molar-refractivity contribution in [2.24, 2.45) is 0 Å². The Bertz CT molecular complexity index is 298. The molecule has 3 atom stereocenters. The van der Waals surface area contributed by atoms with Crippen molar-refractivity contribution in [1.82, 2.24) is 4.98 Å². The molecule has 0 aromatic carbocycles. The van der Waals surface area contributed by atoms with Crippen LogP contribution in [0.25, 0.3) is 0 Å². The van der Waals surface area contributed by atoms with Crippen molar-refractivity contribution < 1.29 is 20.1 Å². The number of nitrogens with one attached hydrogen (secondary N) is 1. The van der Waals surface area contributed by atoms with Gasteiger partial charge in [0.1, 0.15) is 18.0 Å². The standard InChI is InChI=1S/C8H11NO4/c10-3-5-7(11)8(12)6-4(13-5)1-2-9-6/h1-2,5,7-12H,3H2. The van der Waals surface area contributed by atoms with Crippen LogP contribution in [0, 0.1) is 0 Å². The zero-order valence-electron chi connectivity index (χ0n) is 6.84. The van der Waals surface area contributed by atoms with E-state index in [1.807, 2.05) is 0 Å². The van der Waals surface area contributed by atoms with Crippen LogP contribution in [-0.2, 0) is 0 Å². The predicted octanol–water partition coefficient (Wildman–Crippen LogP) is -0.838. The van der Waals surface area contributed by atoms with Crippen LogP contribution in [0.1, 0.15) is 11.8 Å². The molecule has 1 aliphatic heterocycles. The first-order valence-corrected chi connectivity index (χ1v) is 4.05. The fourth-order valence-electron chi connectivity index (χ4n) is 1.45. The molecule has 0 amide bonds. The van der Waals surface area contributed by atoms with Gasteiger partial charge in [0.25, 0.3) is 0 Å². The van der Waals surface area contributed by atoms with Crippen molar-refractivity contribution in [3.8, 4) is 5.75 Å². The number of aliphatic hydroxyl groups excluding tert-OH is 3. The number of rotatable bonds is 1. The van der Waals surface area contributed by atoms with Crippen molar-refractivity contribution in [3.05, 3.63) is 18.0 Å². The lowest BCUT2D eigenvalue weighted by Gasteiger charge is -2.31. The van der Waals surface area contributed by atoms with E-state index >= 15 is 0 Å². The van der Waals surface area contributed by atoms with Crippen LogP contribution in [0.3, 0.4) is 0 Å². The maximum Gasteiger partial charge on any atom is 0.150 e. The lowest BCUT2D eigenvalue weighted by molar-refractivity contribution is -0.0850. The van der Waals surface area contributed by atoms with E-state index in [0.717, 1.165) is 0 Å². The minimum Gasteiger partial charge on any atom is -0.483 e. The lowest BCUT2D eigenvalue weighted by atomic mass is 10.0. The van der Waals surface area contributed by atoms with Crippen LogP contribution < -0.4 is 4.74 Å². The Morgan fingerprint density at radius 1 is 1.46 bits per heavy atom. The zero-order valence-corrected chi connectivity index (χ0v) is 6.84. The Morgan fingerprint density at radius 2 is 2.23 bits per heavy atom. The van der Waals surface area contributed by atoms with Gasteiger partial charge in [-0.15, -0.1) is 0 Å². The summed E-state index contributed by atoms with van der Waals surface area (Å²) >= 11 is 0. The van der Waals surface area contributed by atoms with E-state index in [-0.39, 0.29) is 6.61 Å². The quantitative estimate of drug-likeness (QED) is 0.459. The second-order valence-corrected chi connectivity index (χ2v) is 3.03. The van der Waals surface area contributed by atoms with Gasteiger partial charge < -0.3 is 25.0 Å². The highest BCUT2D eigenvalue weighted by Gasteiger charge is 2.36. The molecule has 0 saturated carbocycles. The van der Waals surface area contributed by atoms with Gasteiger partial charge in [-0.25, -0.2) is 0 Å². The van der Waals surface area contributed by atoms with Crippen LogP contribution in [0.4, 0.5) is 0 Å². The van der Waals surface area contributed by atoms with Gasteiger partial charge in [0, 0.05) is 6.20 Å². The zero-order chi connectivity index (χ0) is 9.42. The summed E-state index contributed by atoms with van der Waals surface area (Å²) in [4.78, 5) is 2.77. The molecule has 1 aromatic heterocycles. The molecule has 5 nitrogen and oxygen atoms in total. The third kappa shape index (κ3) is 1.21. The van der Waals surface area contributed by atoms with Crippen LogP contribution >= 0.6 is 0 Å². The summed E-state index contributed by atoms with van der Waals surface area (Å²) < 4.78 is 5.21. The predicted molar refractivity (Wildman–Crippen MR) is 43.3 cm³/mol. The summed E-state index contributed by atoms with van der Waals surface area (Å²) in [6, 6.07) is 1.65. The summed E-state index contributed by atoms with van der Waals surface area (Å²) in [5.41, 5.74) is 0.456. The molecule has 0 radical (unpaired) electrons. The van der Waals surface area contributed by atoms with E-state index in [4.69, 9.17) is 9.84 Å². The summed E-state index contributed by atoms with van der Waals surface area (Å²) in [5.74, 6) is 0.483. The lowest BCUT2D eigenvalue weighted by Crippen LogP contribution is -2.42. The van der Waals surface area contributed by atoms with Crippen LogP contribution in [-0.4, -0.2) is 39.1 Å². The SMILES string of the molecule is OCC1Oc2cc[nH]c2C(O)C1O. The fourth-order valence-corrected chi connectivity index (χ4v) is 1.45. The van der Waals surface area contributed by atoms with E-state index in [1.54, 1.807) is 12.3 Å². The topological polar surface area (TPSA) is 85.7 Å². The number of aliphatic hydroxyl groups is 3. The fraction of sp³-hybridized carbons (Fsp3) is 0.500.